The molecule has 0 saturated heterocycles. The number of carbonyl (C=O) groups is 1. The van der Waals surface area contributed by atoms with Crippen molar-refractivity contribution in [2.45, 2.75) is 50.9 Å². The number of para-hydroxylation sites is 1. The van der Waals surface area contributed by atoms with Crippen LogP contribution in [0.3, 0.4) is 0 Å². The second-order valence-electron chi connectivity index (χ2n) is 8.13. The van der Waals surface area contributed by atoms with E-state index in [-0.39, 0.29) is 29.1 Å². The number of halogens is 1. The molecule has 1 aromatic heterocycles. The monoisotopic (exact) mass is 469 g/mol. The highest BCUT2D eigenvalue weighted by atomic mass is 32.2. The lowest BCUT2D eigenvalue weighted by Crippen LogP contribution is -2.43. The number of carbonyl (C=O) groups excluding carboxylic acids is 1. The number of amides is 1. The van der Waals surface area contributed by atoms with Crippen LogP contribution < -0.4 is 10.5 Å². The highest BCUT2D eigenvalue weighted by molar-refractivity contribution is 7.99. The summed E-state index contributed by atoms with van der Waals surface area (Å²) in [6.07, 6.45) is 2.21. The summed E-state index contributed by atoms with van der Waals surface area (Å²) in [7, 11) is 0. The largest absolute Gasteiger partial charge is 0.382 e. The molecule has 0 aliphatic carbocycles. The summed E-state index contributed by atoms with van der Waals surface area (Å²) >= 11 is 1.27. The van der Waals surface area contributed by atoms with Gasteiger partial charge in [-0.1, -0.05) is 23.9 Å². The van der Waals surface area contributed by atoms with Gasteiger partial charge in [0, 0.05) is 31.5 Å². The number of ether oxygens (including phenoxy) is 1. The molecular weight excluding hydrogens is 441 g/mol. The quantitative estimate of drug-likeness (QED) is 0.278. The number of aromatic nitrogens is 2. The maximum absolute atomic E-state index is 13.7. The van der Waals surface area contributed by atoms with Gasteiger partial charge in [0.25, 0.3) is 5.56 Å². The summed E-state index contributed by atoms with van der Waals surface area (Å²) in [6.45, 7) is 5.59. The van der Waals surface area contributed by atoms with Gasteiger partial charge in [0.15, 0.2) is 5.16 Å². The van der Waals surface area contributed by atoms with Gasteiger partial charge >= 0.3 is 0 Å². The Balaban J connectivity index is 1.58. The Morgan fingerprint density at radius 1 is 1.27 bits per heavy atom. The normalized spacial score (nSPS) is 15.6. The van der Waals surface area contributed by atoms with E-state index in [1.165, 1.54) is 23.9 Å². The van der Waals surface area contributed by atoms with Gasteiger partial charge < -0.3 is 9.64 Å². The first-order valence-electron chi connectivity index (χ1n) is 11.3. The van der Waals surface area contributed by atoms with Crippen LogP contribution in [-0.4, -0.2) is 40.5 Å². The van der Waals surface area contributed by atoms with E-state index in [0.717, 1.165) is 24.1 Å². The Morgan fingerprint density at radius 3 is 2.91 bits per heavy atom. The van der Waals surface area contributed by atoms with E-state index in [1.807, 2.05) is 32.0 Å². The minimum absolute atomic E-state index is 0.0222. The molecule has 8 heteroatoms. The molecule has 1 amide bonds. The summed E-state index contributed by atoms with van der Waals surface area (Å²) in [5.74, 6) is -0.234. The van der Waals surface area contributed by atoms with Crippen LogP contribution >= 0.6 is 11.8 Å². The Labute approximate surface area is 196 Å². The van der Waals surface area contributed by atoms with Crippen molar-refractivity contribution in [3.8, 4) is 0 Å². The molecular formula is C25H28FN3O3S. The zero-order valence-corrected chi connectivity index (χ0v) is 19.7. The van der Waals surface area contributed by atoms with Crippen molar-refractivity contribution in [1.82, 2.24) is 9.55 Å². The second kappa shape index (κ2) is 10.5. The van der Waals surface area contributed by atoms with Crippen molar-refractivity contribution in [2.24, 2.45) is 0 Å². The molecule has 174 valence electrons. The molecule has 0 bridgehead atoms. The van der Waals surface area contributed by atoms with Gasteiger partial charge in [-0.05, 0) is 69.0 Å². The highest BCUT2D eigenvalue weighted by Crippen LogP contribution is 2.32. The van der Waals surface area contributed by atoms with Gasteiger partial charge in [-0.15, -0.1) is 0 Å². The molecule has 0 fully saturated rings. The number of fused-ring (bicyclic) bond motifs is 2. The van der Waals surface area contributed by atoms with E-state index >= 15 is 0 Å². The van der Waals surface area contributed by atoms with Gasteiger partial charge in [-0.3, -0.25) is 14.2 Å². The van der Waals surface area contributed by atoms with E-state index in [9.17, 15) is 14.0 Å². The molecule has 3 aromatic rings. The number of thioether (sulfide) groups is 1. The maximum atomic E-state index is 13.7. The number of nitrogens with zero attached hydrogens (tertiary/aromatic N) is 3. The summed E-state index contributed by atoms with van der Waals surface area (Å²) in [5, 5.41) is 1.08. The number of aryl methyl sites for hydroxylation is 1. The topological polar surface area (TPSA) is 64.4 Å². The fraction of sp³-hybridized carbons (Fsp3) is 0.400. The third-order valence-electron chi connectivity index (χ3n) is 5.87. The maximum Gasteiger partial charge on any atom is 0.262 e. The van der Waals surface area contributed by atoms with E-state index in [2.05, 4.69) is 0 Å². The molecule has 0 radical (unpaired) electrons. The van der Waals surface area contributed by atoms with Crippen LogP contribution in [0, 0.1) is 5.82 Å². The number of anilines is 1. The third-order valence-corrected chi connectivity index (χ3v) is 6.83. The van der Waals surface area contributed by atoms with Crippen LogP contribution in [-0.2, 0) is 22.5 Å². The molecule has 1 atom stereocenters. The van der Waals surface area contributed by atoms with Gasteiger partial charge in [0.1, 0.15) is 5.82 Å². The number of benzene rings is 2. The molecule has 0 spiro atoms. The van der Waals surface area contributed by atoms with Crippen LogP contribution in [0.2, 0.25) is 0 Å². The minimum atomic E-state index is -0.290. The zero-order chi connectivity index (χ0) is 23.4. The van der Waals surface area contributed by atoms with Crippen molar-refractivity contribution in [2.75, 3.05) is 23.9 Å². The minimum Gasteiger partial charge on any atom is -0.382 e. The Bertz CT molecular complexity index is 1210. The van der Waals surface area contributed by atoms with Gasteiger partial charge in [-0.25, -0.2) is 9.37 Å². The van der Waals surface area contributed by atoms with Gasteiger partial charge in [0.05, 0.1) is 16.7 Å². The average Bonchev–Trinajstić information content (AvgIpc) is 2.81. The molecule has 2 aromatic carbocycles. The van der Waals surface area contributed by atoms with Crippen molar-refractivity contribution in [3.63, 3.8) is 0 Å². The molecule has 0 unspecified atom stereocenters. The predicted octanol–water partition coefficient (Wildman–Crippen LogP) is 4.42. The molecule has 6 nitrogen and oxygen atoms in total. The lowest BCUT2D eigenvalue weighted by atomic mass is 9.96. The number of hydrogen-bond acceptors (Lipinski definition) is 5. The molecule has 1 aliphatic heterocycles. The van der Waals surface area contributed by atoms with Crippen LogP contribution in [0.15, 0.2) is 52.4 Å². The highest BCUT2D eigenvalue weighted by Gasteiger charge is 2.28. The van der Waals surface area contributed by atoms with Crippen molar-refractivity contribution in [1.29, 1.82) is 0 Å². The first-order valence-corrected chi connectivity index (χ1v) is 12.3. The summed E-state index contributed by atoms with van der Waals surface area (Å²) in [5.41, 5.74) is 2.12. The van der Waals surface area contributed by atoms with E-state index in [4.69, 9.17) is 9.72 Å². The van der Waals surface area contributed by atoms with Gasteiger partial charge in [-0.2, -0.15) is 0 Å². The SMILES string of the molecule is CCOCCCn1c(SCC(=O)N2c3ccc(F)cc3CC[C@@H]2C)nc2ccccc2c1=O. The lowest BCUT2D eigenvalue weighted by Gasteiger charge is -2.35. The fourth-order valence-electron chi connectivity index (χ4n) is 4.22. The van der Waals surface area contributed by atoms with E-state index < -0.39 is 0 Å². The molecule has 2 heterocycles. The standard InChI is InChI=1S/C25H28FN3O3S/c1-3-32-14-6-13-28-24(31)20-7-4-5-8-21(20)27-25(28)33-16-23(30)29-17(2)9-10-18-15-19(26)11-12-22(18)29/h4-5,7-8,11-12,15,17H,3,6,9-10,13-14,16H2,1-2H3/t17-/m0/s1. The molecule has 0 N–H and O–H groups in total. The number of rotatable bonds is 8. The Kier molecular flexibility index (Phi) is 7.45. The summed E-state index contributed by atoms with van der Waals surface area (Å²) < 4.78 is 20.8. The lowest BCUT2D eigenvalue weighted by molar-refractivity contribution is -0.116. The molecule has 0 saturated carbocycles. The van der Waals surface area contributed by atoms with E-state index in [1.54, 1.807) is 21.6 Å². The van der Waals surface area contributed by atoms with E-state index in [0.29, 0.717) is 42.2 Å². The molecule has 33 heavy (non-hydrogen) atoms. The third kappa shape index (κ3) is 5.12. The Morgan fingerprint density at radius 2 is 2.09 bits per heavy atom. The van der Waals surface area contributed by atoms with Crippen molar-refractivity contribution in [3.05, 3.63) is 64.2 Å². The van der Waals surface area contributed by atoms with Crippen molar-refractivity contribution < 1.29 is 13.9 Å². The zero-order valence-electron chi connectivity index (χ0n) is 18.9. The fourth-order valence-corrected chi connectivity index (χ4v) is 5.10. The first-order chi connectivity index (χ1) is 16.0. The van der Waals surface area contributed by atoms with Crippen LogP contribution in [0.4, 0.5) is 10.1 Å². The first kappa shape index (κ1) is 23.4. The Hall–Kier alpha value is -2.71. The van der Waals surface area contributed by atoms with Gasteiger partial charge in [0.2, 0.25) is 5.91 Å². The second-order valence-corrected chi connectivity index (χ2v) is 9.07. The molecule has 4 rings (SSSR count). The van der Waals surface area contributed by atoms with Crippen LogP contribution in [0.1, 0.15) is 32.3 Å². The number of hydrogen-bond donors (Lipinski definition) is 0. The average molecular weight is 470 g/mol. The summed E-state index contributed by atoms with van der Waals surface area (Å²) in [4.78, 5) is 32.9. The van der Waals surface area contributed by atoms with Crippen LogP contribution in [0.25, 0.3) is 10.9 Å². The summed E-state index contributed by atoms with van der Waals surface area (Å²) in [6, 6.07) is 11.9. The van der Waals surface area contributed by atoms with Crippen molar-refractivity contribution >= 4 is 34.3 Å². The smallest absolute Gasteiger partial charge is 0.262 e. The molecule has 1 aliphatic rings. The van der Waals surface area contributed by atoms with Crippen LogP contribution in [0.5, 0.6) is 0 Å². The predicted molar refractivity (Wildman–Crippen MR) is 130 cm³/mol.